The van der Waals surface area contributed by atoms with Crippen LogP contribution in [0.5, 0.6) is 0 Å². The van der Waals surface area contributed by atoms with Crippen LogP contribution in [0.25, 0.3) is 0 Å². The fourth-order valence-electron chi connectivity index (χ4n) is 2.83. The summed E-state index contributed by atoms with van der Waals surface area (Å²) in [4.78, 5) is 1.22. The maximum atomic E-state index is 13.4. The summed E-state index contributed by atoms with van der Waals surface area (Å²) < 4.78 is 13.4. The van der Waals surface area contributed by atoms with E-state index in [9.17, 15) is 4.39 Å². The third-order valence-corrected chi connectivity index (χ3v) is 5.16. The van der Waals surface area contributed by atoms with Crippen molar-refractivity contribution in [3.05, 3.63) is 29.6 Å². The molecule has 0 aromatic heterocycles. The standard InChI is InChI=1S/C16H24FNS/c1-11-4-3-5-15(8-11)19-16-7-6-14(17)10-13(16)9-12(2)18/h6-7,10-12,15H,3-5,8-9,18H2,1-2H3. The van der Waals surface area contributed by atoms with Crippen molar-refractivity contribution in [1.82, 2.24) is 0 Å². The van der Waals surface area contributed by atoms with Crippen LogP contribution in [-0.4, -0.2) is 11.3 Å². The number of benzene rings is 1. The van der Waals surface area contributed by atoms with Gasteiger partial charge in [0, 0.05) is 16.2 Å². The number of rotatable bonds is 4. The predicted molar refractivity (Wildman–Crippen MR) is 81.0 cm³/mol. The van der Waals surface area contributed by atoms with Crippen molar-refractivity contribution >= 4 is 11.8 Å². The molecule has 0 aliphatic heterocycles. The van der Waals surface area contributed by atoms with Crippen molar-refractivity contribution in [2.45, 2.75) is 62.1 Å². The van der Waals surface area contributed by atoms with Crippen LogP contribution in [0.2, 0.25) is 0 Å². The minimum Gasteiger partial charge on any atom is -0.328 e. The second kappa shape index (κ2) is 6.76. The van der Waals surface area contributed by atoms with Crippen LogP contribution in [0.15, 0.2) is 23.1 Å². The molecule has 0 saturated heterocycles. The second-order valence-corrected chi connectivity index (χ2v) is 7.29. The van der Waals surface area contributed by atoms with Crippen LogP contribution < -0.4 is 5.73 Å². The highest BCUT2D eigenvalue weighted by Gasteiger charge is 2.21. The number of hydrogen-bond donors (Lipinski definition) is 1. The highest BCUT2D eigenvalue weighted by atomic mass is 32.2. The number of nitrogens with two attached hydrogens (primary N) is 1. The smallest absolute Gasteiger partial charge is 0.123 e. The summed E-state index contributed by atoms with van der Waals surface area (Å²) >= 11 is 1.92. The molecule has 3 heteroatoms. The van der Waals surface area contributed by atoms with Gasteiger partial charge in [0.25, 0.3) is 0 Å². The summed E-state index contributed by atoms with van der Waals surface area (Å²) in [6.45, 7) is 4.31. The third kappa shape index (κ3) is 4.50. The molecular weight excluding hydrogens is 257 g/mol. The van der Waals surface area contributed by atoms with Gasteiger partial charge in [0.1, 0.15) is 5.82 Å². The van der Waals surface area contributed by atoms with Gasteiger partial charge in [-0.25, -0.2) is 4.39 Å². The summed E-state index contributed by atoms with van der Waals surface area (Å²) in [6.07, 6.45) is 5.99. The second-order valence-electron chi connectivity index (χ2n) is 5.95. The van der Waals surface area contributed by atoms with Crippen molar-refractivity contribution in [2.24, 2.45) is 11.7 Å². The zero-order valence-corrected chi connectivity index (χ0v) is 12.7. The Kier molecular flexibility index (Phi) is 5.28. The lowest BCUT2D eigenvalue weighted by molar-refractivity contribution is 0.394. The topological polar surface area (TPSA) is 26.0 Å². The van der Waals surface area contributed by atoms with Crippen LogP contribution in [0, 0.1) is 11.7 Å². The number of halogens is 1. The van der Waals surface area contributed by atoms with Gasteiger partial charge in [0.2, 0.25) is 0 Å². The van der Waals surface area contributed by atoms with Crippen molar-refractivity contribution < 1.29 is 4.39 Å². The Labute approximate surface area is 120 Å². The first-order valence-corrected chi connectivity index (χ1v) is 8.13. The SMILES string of the molecule is CC(N)Cc1cc(F)ccc1SC1CCCC(C)C1. The lowest BCUT2D eigenvalue weighted by Gasteiger charge is -2.27. The molecule has 0 spiro atoms. The van der Waals surface area contributed by atoms with E-state index in [1.807, 2.05) is 24.8 Å². The summed E-state index contributed by atoms with van der Waals surface area (Å²) in [6, 6.07) is 5.22. The quantitative estimate of drug-likeness (QED) is 0.886. The van der Waals surface area contributed by atoms with Gasteiger partial charge in [-0.1, -0.05) is 19.8 Å². The van der Waals surface area contributed by atoms with E-state index in [0.717, 1.165) is 17.9 Å². The average Bonchev–Trinajstić information content (AvgIpc) is 2.32. The molecule has 19 heavy (non-hydrogen) atoms. The fourth-order valence-corrected chi connectivity index (χ4v) is 4.34. The minimum atomic E-state index is -0.156. The molecule has 3 atom stereocenters. The molecular formula is C16H24FNS. The summed E-state index contributed by atoms with van der Waals surface area (Å²) in [7, 11) is 0. The van der Waals surface area contributed by atoms with Gasteiger partial charge in [-0.2, -0.15) is 0 Å². The maximum absolute atomic E-state index is 13.4. The van der Waals surface area contributed by atoms with Gasteiger partial charge in [0.05, 0.1) is 0 Å². The van der Waals surface area contributed by atoms with E-state index in [2.05, 4.69) is 6.92 Å². The van der Waals surface area contributed by atoms with Crippen LogP contribution >= 0.6 is 11.8 Å². The Hall–Kier alpha value is -0.540. The van der Waals surface area contributed by atoms with Gasteiger partial charge in [-0.05, 0) is 55.9 Å². The fraction of sp³-hybridized carbons (Fsp3) is 0.625. The Bertz CT molecular complexity index is 419. The van der Waals surface area contributed by atoms with Crippen LogP contribution in [0.3, 0.4) is 0 Å². The van der Waals surface area contributed by atoms with Crippen molar-refractivity contribution in [1.29, 1.82) is 0 Å². The summed E-state index contributed by atoms with van der Waals surface area (Å²) in [5.41, 5.74) is 6.93. The molecule has 3 unspecified atom stereocenters. The lowest BCUT2D eigenvalue weighted by Crippen LogP contribution is -2.19. The van der Waals surface area contributed by atoms with E-state index in [4.69, 9.17) is 5.73 Å². The number of hydrogen-bond acceptors (Lipinski definition) is 2. The van der Waals surface area contributed by atoms with E-state index in [1.54, 1.807) is 12.1 Å². The first-order chi connectivity index (χ1) is 9.04. The zero-order chi connectivity index (χ0) is 13.8. The highest BCUT2D eigenvalue weighted by molar-refractivity contribution is 8.00. The van der Waals surface area contributed by atoms with E-state index in [0.29, 0.717) is 5.25 Å². The number of thioether (sulfide) groups is 1. The Balaban J connectivity index is 2.10. The summed E-state index contributed by atoms with van der Waals surface area (Å²) in [5, 5.41) is 0.682. The van der Waals surface area contributed by atoms with Gasteiger partial charge >= 0.3 is 0 Å². The molecule has 2 N–H and O–H groups in total. The predicted octanol–water partition coefficient (Wildman–Crippen LogP) is 4.39. The first-order valence-electron chi connectivity index (χ1n) is 7.25. The first kappa shape index (κ1) is 14.9. The average molecular weight is 281 g/mol. The largest absolute Gasteiger partial charge is 0.328 e. The molecule has 1 saturated carbocycles. The van der Waals surface area contributed by atoms with Crippen LogP contribution in [-0.2, 0) is 6.42 Å². The van der Waals surface area contributed by atoms with Crippen LogP contribution in [0.1, 0.15) is 45.1 Å². The normalized spacial score (nSPS) is 25.3. The van der Waals surface area contributed by atoms with Crippen molar-refractivity contribution in [3.63, 3.8) is 0 Å². The molecule has 1 aromatic rings. The van der Waals surface area contributed by atoms with Gasteiger partial charge < -0.3 is 5.73 Å². The maximum Gasteiger partial charge on any atom is 0.123 e. The van der Waals surface area contributed by atoms with E-state index < -0.39 is 0 Å². The molecule has 1 nitrogen and oxygen atoms in total. The highest BCUT2D eigenvalue weighted by Crippen LogP contribution is 2.37. The van der Waals surface area contributed by atoms with Gasteiger partial charge in [-0.3, -0.25) is 0 Å². The van der Waals surface area contributed by atoms with Crippen LogP contribution in [0.4, 0.5) is 4.39 Å². The molecule has 1 aliphatic rings. The molecule has 1 aromatic carbocycles. The molecule has 106 valence electrons. The van der Waals surface area contributed by atoms with E-state index in [-0.39, 0.29) is 11.9 Å². The monoisotopic (exact) mass is 281 g/mol. The summed E-state index contributed by atoms with van der Waals surface area (Å²) in [5.74, 6) is 0.667. The molecule has 0 bridgehead atoms. The Morgan fingerprint density at radius 2 is 2.21 bits per heavy atom. The molecule has 1 fully saturated rings. The van der Waals surface area contributed by atoms with Crippen molar-refractivity contribution in [3.8, 4) is 0 Å². The van der Waals surface area contributed by atoms with Crippen molar-refractivity contribution in [2.75, 3.05) is 0 Å². The molecule has 2 rings (SSSR count). The molecule has 0 heterocycles. The third-order valence-electron chi connectivity index (χ3n) is 3.75. The Morgan fingerprint density at radius 3 is 2.89 bits per heavy atom. The Morgan fingerprint density at radius 1 is 1.42 bits per heavy atom. The molecule has 1 aliphatic carbocycles. The minimum absolute atomic E-state index is 0.0754. The molecule has 0 amide bonds. The van der Waals surface area contributed by atoms with E-state index in [1.165, 1.54) is 30.6 Å². The lowest BCUT2D eigenvalue weighted by atomic mass is 9.91. The molecule has 0 radical (unpaired) electrons. The van der Waals surface area contributed by atoms with Gasteiger partial charge in [0.15, 0.2) is 0 Å². The zero-order valence-electron chi connectivity index (χ0n) is 11.9. The van der Waals surface area contributed by atoms with Gasteiger partial charge in [-0.15, -0.1) is 11.8 Å². The van der Waals surface area contributed by atoms with E-state index >= 15 is 0 Å².